The number of fused-ring (bicyclic) bond motifs is 4. The average Bonchev–Trinajstić information content (AvgIpc) is 3.41. The van der Waals surface area contributed by atoms with Crippen molar-refractivity contribution < 1.29 is 0 Å². The van der Waals surface area contributed by atoms with E-state index < -0.39 is 0 Å². The van der Waals surface area contributed by atoms with E-state index >= 15 is 0 Å². The Morgan fingerprint density at radius 1 is 0.756 bits per heavy atom. The van der Waals surface area contributed by atoms with Gasteiger partial charge in [0.1, 0.15) is 5.65 Å². The van der Waals surface area contributed by atoms with Crippen LogP contribution in [0, 0.1) is 6.92 Å². The Hall–Kier alpha value is -5.22. The summed E-state index contributed by atoms with van der Waals surface area (Å²) in [6.45, 7) is 2.10. The van der Waals surface area contributed by atoms with Gasteiger partial charge in [0.15, 0.2) is 0 Å². The predicted molar refractivity (Wildman–Crippen MR) is 172 cm³/mol. The molecule has 1 aliphatic rings. The van der Waals surface area contributed by atoms with Gasteiger partial charge in [-0.3, -0.25) is 9.20 Å². The molecular weight excluding hydrogens is 502 g/mol. The van der Waals surface area contributed by atoms with Crippen LogP contribution >= 0.6 is 0 Å². The van der Waals surface area contributed by atoms with Crippen molar-refractivity contribution in [3.05, 3.63) is 131 Å². The van der Waals surface area contributed by atoms with Crippen molar-refractivity contribution in [2.75, 3.05) is 5.73 Å². The van der Waals surface area contributed by atoms with Gasteiger partial charge in [-0.15, -0.1) is 0 Å². The second-order valence-corrected chi connectivity index (χ2v) is 10.9. The average molecular weight is 530 g/mol. The number of hydrogen-bond acceptors (Lipinski definition) is 3. The zero-order valence-corrected chi connectivity index (χ0v) is 22.7. The third-order valence-corrected chi connectivity index (χ3v) is 8.48. The lowest BCUT2D eigenvalue weighted by atomic mass is 9.91. The predicted octanol–water partition coefficient (Wildman–Crippen LogP) is 8.55. The van der Waals surface area contributed by atoms with E-state index in [2.05, 4.69) is 61.5 Å². The number of rotatable bonds is 3. The smallest absolute Gasteiger partial charge is 0.264 e. The molecule has 0 atom stereocenters. The van der Waals surface area contributed by atoms with Gasteiger partial charge < -0.3 is 5.73 Å². The zero-order valence-electron chi connectivity index (χ0n) is 22.7. The Kier molecular flexibility index (Phi) is 5.13. The lowest BCUT2D eigenvalue weighted by molar-refractivity contribution is 1.04. The first-order chi connectivity index (χ1) is 20.1. The van der Waals surface area contributed by atoms with Crippen molar-refractivity contribution in [1.82, 2.24) is 9.38 Å². The summed E-state index contributed by atoms with van der Waals surface area (Å²) in [5.41, 5.74) is 17.2. The van der Waals surface area contributed by atoms with E-state index in [1.54, 1.807) is 4.40 Å². The first kappa shape index (κ1) is 23.6. The molecule has 0 fully saturated rings. The summed E-state index contributed by atoms with van der Waals surface area (Å²) in [5, 5.41) is 3.35. The maximum absolute atomic E-state index is 14.4. The summed E-state index contributed by atoms with van der Waals surface area (Å²) in [6, 6.07) is 30.9. The summed E-state index contributed by atoms with van der Waals surface area (Å²) >= 11 is 0. The zero-order chi connectivity index (χ0) is 27.7. The highest BCUT2D eigenvalue weighted by Gasteiger charge is 2.22. The summed E-state index contributed by atoms with van der Waals surface area (Å²) in [7, 11) is 0. The summed E-state index contributed by atoms with van der Waals surface area (Å²) < 4.78 is 1.80. The van der Waals surface area contributed by atoms with Crippen molar-refractivity contribution in [2.45, 2.75) is 19.8 Å². The van der Waals surface area contributed by atoms with Gasteiger partial charge in [-0.1, -0.05) is 78.9 Å². The third-order valence-electron chi connectivity index (χ3n) is 8.48. The fraction of sp³-hybridized carbons (Fsp3) is 0.0811. The molecule has 8 rings (SSSR count). The van der Waals surface area contributed by atoms with Gasteiger partial charge in [-0.05, 0) is 83.5 Å². The quantitative estimate of drug-likeness (QED) is 0.233. The molecule has 0 unspecified atom stereocenters. The van der Waals surface area contributed by atoms with Crippen molar-refractivity contribution in [2.24, 2.45) is 0 Å². The molecule has 0 radical (unpaired) electrons. The van der Waals surface area contributed by atoms with E-state index in [4.69, 9.17) is 10.7 Å². The number of nitrogens with zero attached hydrogens (tertiary/aromatic N) is 2. The van der Waals surface area contributed by atoms with Gasteiger partial charge in [-0.25, -0.2) is 4.98 Å². The highest BCUT2D eigenvalue weighted by molar-refractivity contribution is 6.23. The number of anilines is 1. The van der Waals surface area contributed by atoms with Crippen LogP contribution in [0.2, 0.25) is 0 Å². The molecule has 196 valence electrons. The first-order valence-corrected chi connectivity index (χ1v) is 14.1. The van der Waals surface area contributed by atoms with Crippen LogP contribution in [0.15, 0.2) is 114 Å². The maximum Gasteiger partial charge on any atom is 0.264 e. The molecular formula is C37H27N3O. The number of aryl methyl sites for hydroxylation is 1. The monoisotopic (exact) mass is 529 g/mol. The molecule has 2 N–H and O–H groups in total. The first-order valence-electron chi connectivity index (χ1n) is 14.1. The number of allylic oxidation sites excluding steroid dienone is 4. The van der Waals surface area contributed by atoms with E-state index in [1.807, 2.05) is 54.6 Å². The lowest BCUT2D eigenvalue weighted by Gasteiger charge is -2.15. The van der Waals surface area contributed by atoms with E-state index in [0.717, 1.165) is 73.4 Å². The van der Waals surface area contributed by atoms with Gasteiger partial charge in [-0.2, -0.15) is 0 Å². The molecule has 7 aromatic rings. The van der Waals surface area contributed by atoms with Crippen LogP contribution < -0.4 is 11.3 Å². The molecule has 0 saturated carbocycles. The Morgan fingerprint density at radius 2 is 1.56 bits per heavy atom. The van der Waals surface area contributed by atoms with E-state index in [1.165, 1.54) is 5.57 Å². The topological polar surface area (TPSA) is 60.4 Å². The standard InChI is InChI=1S/C37H27N3O/c1-22-10-8-9-15-26(22)27-16-17-29-33-28(18-19-31(38)34(27)33)36-39-35-30(24-13-6-3-7-14-24)20-25(23-11-4-2-5-12-23)21-32(35)40(36)37(29)41/h3-4,6-21H,2,5,38H2,1H3. The second kappa shape index (κ2) is 8.90. The molecule has 2 aromatic heterocycles. The number of benzene rings is 5. The Morgan fingerprint density at radius 3 is 2.37 bits per heavy atom. The van der Waals surface area contributed by atoms with Gasteiger partial charge in [0, 0.05) is 32.8 Å². The van der Waals surface area contributed by atoms with Crippen molar-refractivity contribution in [3.63, 3.8) is 0 Å². The van der Waals surface area contributed by atoms with Crippen LogP contribution in [-0.2, 0) is 0 Å². The minimum Gasteiger partial charge on any atom is -0.398 e. The molecule has 0 saturated heterocycles. The SMILES string of the molecule is Cc1ccccc1-c1ccc2c(=O)n3c4cc(C5=CCCC=C5)cc(-c5ccccc5)c4nc3c3ccc(N)c1c23. The molecule has 0 amide bonds. The number of pyridine rings is 1. The molecule has 0 aliphatic heterocycles. The van der Waals surface area contributed by atoms with Crippen molar-refractivity contribution >= 4 is 49.5 Å². The summed E-state index contributed by atoms with van der Waals surface area (Å²) in [6.07, 6.45) is 8.73. The molecule has 1 aliphatic carbocycles. The van der Waals surface area contributed by atoms with Gasteiger partial charge in [0.05, 0.1) is 11.0 Å². The van der Waals surface area contributed by atoms with Gasteiger partial charge >= 0.3 is 0 Å². The second-order valence-electron chi connectivity index (χ2n) is 10.9. The molecule has 41 heavy (non-hydrogen) atoms. The van der Waals surface area contributed by atoms with Crippen LogP contribution in [-0.4, -0.2) is 9.38 Å². The summed E-state index contributed by atoms with van der Waals surface area (Å²) in [5.74, 6) is 0. The van der Waals surface area contributed by atoms with E-state index in [9.17, 15) is 4.79 Å². The van der Waals surface area contributed by atoms with E-state index in [0.29, 0.717) is 16.7 Å². The molecule has 5 aromatic carbocycles. The lowest BCUT2D eigenvalue weighted by Crippen LogP contribution is -2.14. The number of imidazole rings is 1. The van der Waals surface area contributed by atoms with Gasteiger partial charge in [0.25, 0.3) is 5.56 Å². The molecule has 4 nitrogen and oxygen atoms in total. The normalized spacial score (nSPS) is 13.5. The minimum absolute atomic E-state index is 0.0775. The number of hydrogen-bond donors (Lipinski definition) is 1. The van der Waals surface area contributed by atoms with Crippen LogP contribution in [0.1, 0.15) is 24.0 Å². The fourth-order valence-corrected chi connectivity index (χ4v) is 6.50. The Bertz CT molecular complexity index is 2290. The molecule has 0 spiro atoms. The Labute approximate surface area is 237 Å². The number of nitrogens with two attached hydrogens (primary N) is 1. The highest BCUT2D eigenvalue weighted by atomic mass is 16.1. The maximum atomic E-state index is 14.4. The fourth-order valence-electron chi connectivity index (χ4n) is 6.50. The van der Waals surface area contributed by atoms with Crippen LogP contribution in [0.4, 0.5) is 5.69 Å². The largest absolute Gasteiger partial charge is 0.398 e. The van der Waals surface area contributed by atoms with Crippen LogP contribution in [0.3, 0.4) is 0 Å². The number of aromatic nitrogens is 2. The highest BCUT2D eigenvalue weighted by Crippen LogP contribution is 2.41. The van der Waals surface area contributed by atoms with Crippen LogP contribution in [0.5, 0.6) is 0 Å². The van der Waals surface area contributed by atoms with Crippen molar-refractivity contribution in [3.8, 4) is 22.3 Å². The van der Waals surface area contributed by atoms with Crippen LogP contribution in [0.25, 0.3) is 66.1 Å². The molecule has 0 bridgehead atoms. The molecule has 4 heteroatoms. The van der Waals surface area contributed by atoms with E-state index in [-0.39, 0.29) is 5.56 Å². The summed E-state index contributed by atoms with van der Waals surface area (Å²) in [4.78, 5) is 19.6. The minimum atomic E-state index is -0.0775. The third kappa shape index (κ3) is 3.47. The van der Waals surface area contributed by atoms with Crippen molar-refractivity contribution in [1.29, 1.82) is 0 Å². The van der Waals surface area contributed by atoms with Gasteiger partial charge in [0.2, 0.25) is 0 Å². The number of nitrogen functional groups attached to an aromatic ring is 1. The molecule has 2 heterocycles. The Balaban J connectivity index is 1.54.